The van der Waals surface area contributed by atoms with Crippen molar-refractivity contribution < 1.29 is 9.47 Å². The molecule has 1 fully saturated rings. The van der Waals surface area contributed by atoms with E-state index in [1.165, 1.54) is 12.0 Å². The van der Waals surface area contributed by atoms with Crippen molar-refractivity contribution in [2.45, 2.75) is 38.9 Å². The van der Waals surface area contributed by atoms with Crippen LogP contribution < -0.4 is 9.47 Å². The number of rotatable bonds is 6. The van der Waals surface area contributed by atoms with Crippen LogP contribution in [0, 0.1) is 11.3 Å². The highest BCUT2D eigenvalue weighted by Crippen LogP contribution is 2.61. The maximum atomic E-state index is 5.72. The van der Waals surface area contributed by atoms with Crippen molar-refractivity contribution in [1.82, 2.24) is 0 Å². The molecule has 0 radical (unpaired) electrons. The molecule has 2 rings (SSSR count). The summed E-state index contributed by atoms with van der Waals surface area (Å²) in [4.78, 5) is 0.349. The van der Waals surface area contributed by atoms with Gasteiger partial charge in [0.05, 0.1) is 13.2 Å². The molecule has 112 valence electrons. The minimum Gasteiger partial charge on any atom is -0.490 e. The lowest BCUT2D eigenvalue weighted by molar-refractivity contribution is 0.287. The van der Waals surface area contributed by atoms with Crippen molar-refractivity contribution in [3.8, 4) is 11.5 Å². The summed E-state index contributed by atoms with van der Waals surface area (Å²) in [5.41, 5.74) is 1.67. The minimum absolute atomic E-state index is 0.349. The van der Waals surface area contributed by atoms with E-state index in [-0.39, 0.29) is 0 Å². The van der Waals surface area contributed by atoms with Gasteiger partial charge in [-0.2, -0.15) is 0 Å². The Kier molecular flexibility index (Phi) is 5.06. The molecule has 1 aliphatic rings. The third-order valence-electron chi connectivity index (χ3n) is 3.90. The second-order valence-electron chi connectivity index (χ2n) is 5.89. The standard InChI is InChI=1S/C16H22Br2O2/c1-5-19-13-7-10(12(17)8-14(13)20-6-2)15(18)11-9-16(11,3)4/h7-8,11,15H,5-6,9H2,1-4H3. The van der Waals surface area contributed by atoms with Crippen molar-refractivity contribution in [1.29, 1.82) is 0 Å². The Labute approximate surface area is 138 Å². The summed E-state index contributed by atoms with van der Waals surface area (Å²) in [5, 5.41) is 0. The van der Waals surface area contributed by atoms with Gasteiger partial charge in [-0.1, -0.05) is 45.7 Å². The third-order valence-corrected chi connectivity index (χ3v) is 5.72. The van der Waals surface area contributed by atoms with Crippen LogP contribution in [-0.4, -0.2) is 13.2 Å². The molecule has 1 aromatic carbocycles. The van der Waals surface area contributed by atoms with Gasteiger partial charge in [0.1, 0.15) is 0 Å². The lowest BCUT2D eigenvalue weighted by Crippen LogP contribution is -2.03. The average molecular weight is 406 g/mol. The first-order chi connectivity index (χ1) is 9.40. The summed E-state index contributed by atoms with van der Waals surface area (Å²) < 4.78 is 12.5. The van der Waals surface area contributed by atoms with Gasteiger partial charge in [-0.3, -0.25) is 0 Å². The molecule has 1 aromatic rings. The lowest BCUT2D eigenvalue weighted by Gasteiger charge is -2.18. The summed E-state index contributed by atoms with van der Waals surface area (Å²) in [6.07, 6.45) is 1.26. The Bertz CT molecular complexity index is 486. The lowest BCUT2D eigenvalue weighted by atomic mass is 10.0. The summed E-state index contributed by atoms with van der Waals surface area (Å²) in [6, 6.07) is 4.12. The van der Waals surface area contributed by atoms with E-state index in [1.807, 2.05) is 19.9 Å². The molecule has 2 unspecified atom stereocenters. The highest BCUT2D eigenvalue weighted by Gasteiger charge is 2.50. The van der Waals surface area contributed by atoms with E-state index in [9.17, 15) is 0 Å². The van der Waals surface area contributed by atoms with E-state index >= 15 is 0 Å². The SMILES string of the molecule is CCOc1cc(Br)c(C(Br)C2CC2(C)C)cc1OCC. The molecular formula is C16H22Br2O2. The van der Waals surface area contributed by atoms with Crippen LogP contribution in [-0.2, 0) is 0 Å². The van der Waals surface area contributed by atoms with Crippen molar-refractivity contribution in [2.75, 3.05) is 13.2 Å². The molecule has 0 aliphatic heterocycles. The molecule has 0 saturated heterocycles. The molecule has 2 atom stereocenters. The van der Waals surface area contributed by atoms with Gasteiger partial charge < -0.3 is 9.47 Å². The van der Waals surface area contributed by atoms with E-state index in [0.717, 1.165) is 16.0 Å². The van der Waals surface area contributed by atoms with Crippen LogP contribution in [0.2, 0.25) is 0 Å². The van der Waals surface area contributed by atoms with Gasteiger partial charge in [-0.15, -0.1) is 0 Å². The molecule has 20 heavy (non-hydrogen) atoms. The second-order valence-corrected chi connectivity index (χ2v) is 7.73. The third kappa shape index (κ3) is 3.33. The first-order valence-corrected chi connectivity index (χ1v) is 8.84. The molecular weight excluding hydrogens is 384 g/mol. The maximum Gasteiger partial charge on any atom is 0.162 e. The van der Waals surface area contributed by atoms with Crippen LogP contribution in [0.15, 0.2) is 16.6 Å². The molecule has 2 nitrogen and oxygen atoms in total. The van der Waals surface area contributed by atoms with Crippen LogP contribution in [0.25, 0.3) is 0 Å². The van der Waals surface area contributed by atoms with Gasteiger partial charge in [0.25, 0.3) is 0 Å². The van der Waals surface area contributed by atoms with Gasteiger partial charge in [0.2, 0.25) is 0 Å². The first-order valence-electron chi connectivity index (χ1n) is 7.13. The van der Waals surface area contributed by atoms with Gasteiger partial charge in [-0.25, -0.2) is 0 Å². The maximum absolute atomic E-state index is 5.72. The molecule has 0 spiro atoms. The predicted molar refractivity (Wildman–Crippen MR) is 90.0 cm³/mol. The van der Waals surface area contributed by atoms with E-state index in [2.05, 4.69) is 51.8 Å². The van der Waals surface area contributed by atoms with Gasteiger partial charge >= 0.3 is 0 Å². The fourth-order valence-corrected chi connectivity index (χ4v) is 4.68. The molecule has 0 aromatic heterocycles. The zero-order valence-electron chi connectivity index (χ0n) is 12.5. The van der Waals surface area contributed by atoms with Crippen molar-refractivity contribution >= 4 is 31.9 Å². The number of benzene rings is 1. The average Bonchev–Trinajstić information content (AvgIpc) is 3.01. The second kappa shape index (κ2) is 6.27. The quantitative estimate of drug-likeness (QED) is 0.562. The monoisotopic (exact) mass is 404 g/mol. The van der Waals surface area contributed by atoms with Gasteiger partial charge in [0.15, 0.2) is 11.5 Å². The van der Waals surface area contributed by atoms with Gasteiger partial charge in [0, 0.05) is 9.30 Å². The number of ether oxygens (including phenoxy) is 2. The fourth-order valence-electron chi connectivity index (χ4n) is 2.52. The Hall–Kier alpha value is -0.220. The number of hydrogen-bond donors (Lipinski definition) is 0. The first kappa shape index (κ1) is 16.2. The number of alkyl halides is 1. The van der Waals surface area contributed by atoms with Crippen LogP contribution in [0.4, 0.5) is 0 Å². The Morgan fingerprint density at radius 3 is 2.15 bits per heavy atom. The molecule has 1 aliphatic carbocycles. The Morgan fingerprint density at radius 1 is 1.20 bits per heavy atom. The topological polar surface area (TPSA) is 18.5 Å². The highest BCUT2D eigenvalue weighted by atomic mass is 79.9. The molecule has 4 heteroatoms. The number of hydrogen-bond acceptors (Lipinski definition) is 2. The van der Waals surface area contributed by atoms with E-state index < -0.39 is 0 Å². The number of halogens is 2. The van der Waals surface area contributed by atoms with E-state index in [0.29, 0.717) is 29.4 Å². The highest BCUT2D eigenvalue weighted by molar-refractivity contribution is 9.11. The van der Waals surface area contributed by atoms with Crippen molar-refractivity contribution in [2.24, 2.45) is 11.3 Å². The van der Waals surface area contributed by atoms with E-state index in [4.69, 9.17) is 9.47 Å². The zero-order chi connectivity index (χ0) is 14.9. The van der Waals surface area contributed by atoms with Crippen molar-refractivity contribution in [3.63, 3.8) is 0 Å². The molecule has 0 bridgehead atoms. The molecule has 1 saturated carbocycles. The van der Waals surface area contributed by atoms with Crippen LogP contribution in [0.3, 0.4) is 0 Å². The van der Waals surface area contributed by atoms with Gasteiger partial charge in [-0.05, 0) is 49.3 Å². The fraction of sp³-hybridized carbons (Fsp3) is 0.625. The molecule has 0 amide bonds. The molecule has 0 N–H and O–H groups in total. The largest absolute Gasteiger partial charge is 0.490 e. The van der Waals surface area contributed by atoms with Crippen LogP contribution >= 0.6 is 31.9 Å². The van der Waals surface area contributed by atoms with Crippen LogP contribution in [0.5, 0.6) is 11.5 Å². The van der Waals surface area contributed by atoms with Crippen molar-refractivity contribution in [3.05, 3.63) is 22.2 Å². The predicted octanol–water partition coefficient (Wildman–Crippen LogP) is 5.73. The molecule has 0 heterocycles. The summed E-state index contributed by atoms with van der Waals surface area (Å²) >= 11 is 7.53. The minimum atomic E-state index is 0.349. The Balaban J connectivity index is 2.31. The summed E-state index contributed by atoms with van der Waals surface area (Å²) in [5.74, 6) is 2.31. The van der Waals surface area contributed by atoms with E-state index in [1.54, 1.807) is 0 Å². The Morgan fingerprint density at radius 2 is 1.70 bits per heavy atom. The summed E-state index contributed by atoms with van der Waals surface area (Å²) in [6.45, 7) is 9.89. The smallest absolute Gasteiger partial charge is 0.162 e. The normalized spacial score (nSPS) is 21.4. The summed E-state index contributed by atoms with van der Waals surface area (Å²) in [7, 11) is 0. The zero-order valence-corrected chi connectivity index (χ0v) is 15.7. The van der Waals surface area contributed by atoms with Crippen LogP contribution in [0.1, 0.15) is 44.5 Å².